The molecule has 0 saturated heterocycles. The first-order valence-corrected chi connectivity index (χ1v) is 7.10. The fourth-order valence-corrected chi connectivity index (χ4v) is 2.61. The van der Waals surface area contributed by atoms with Crippen molar-refractivity contribution in [2.75, 3.05) is 0 Å². The zero-order valence-corrected chi connectivity index (χ0v) is 11.5. The van der Waals surface area contributed by atoms with Gasteiger partial charge in [-0.2, -0.15) is 0 Å². The van der Waals surface area contributed by atoms with Crippen LogP contribution in [-0.2, 0) is 6.61 Å². The Morgan fingerprint density at radius 3 is 2.32 bits per heavy atom. The van der Waals surface area contributed by atoms with Gasteiger partial charge in [0.15, 0.2) is 0 Å². The average molecular weight is 254 g/mol. The van der Waals surface area contributed by atoms with Crippen molar-refractivity contribution in [1.29, 1.82) is 0 Å². The summed E-state index contributed by atoms with van der Waals surface area (Å²) in [5.74, 6) is 0.393. The van der Waals surface area contributed by atoms with Gasteiger partial charge in [-0.05, 0) is 23.1 Å². The van der Waals surface area contributed by atoms with Gasteiger partial charge >= 0.3 is 0 Å². The van der Waals surface area contributed by atoms with E-state index in [2.05, 4.69) is 49.4 Å². The van der Waals surface area contributed by atoms with Gasteiger partial charge in [0, 0.05) is 5.92 Å². The van der Waals surface area contributed by atoms with Gasteiger partial charge in [-0.3, -0.25) is 0 Å². The molecule has 100 valence electrons. The second-order valence-electron chi connectivity index (χ2n) is 4.96. The molecule has 0 aliphatic heterocycles. The Labute approximate surface area is 115 Å². The molecule has 2 aromatic carbocycles. The molecular weight excluding hydrogens is 232 g/mol. The molecular formula is C18H22O. The Bertz CT molecular complexity index is 490. The third-order valence-corrected chi connectivity index (χ3v) is 3.65. The molecule has 1 N–H and O–H groups in total. The van der Waals surface area contributed by atoms with Crippen molar-refractivity contribution in [1.82, 2.24) is 0 Å². The van der Waals surface area contributed by atoms with Crippen LogP contribution in [0.3, 0.4) is 0 Å². The summed E-state index contributed by atoms with van der Waals surface area (Å²) in [5, 5.41) is 9.54. The van der Waals surface area contributed by atoms with Crippen LogP contribution in [0, 0.1) is 0 Å². The Kier molecular flexibility index (Phi) is 5.17. The maximum atomic E-state index is 9.54. The summed E-state index contributed by atoms with van der Waals surface area (Å²) in [7, 11) is 0. The molecule has 0 aromatic heterocycles. The van der Waals surface area contributed by atoms with Crippen molar-refractivity contribution in [3.63, 3.8) is 0 Å². The number of benzene rings is 2. The van der Waals surface area contributed by atoms with E-state index in [1.54, 1.807) is 0 Å². The van der Waals surface area contributed by atoms with Gasteiger partial charge in [0.05, 0.1) is 6.61 Å². The number of aliphatic hydroxyl groups is 1. The minimum atomic E-state index is 0.117. The minimum absolute atomic E-state index is 0.117. The van der Waals surface area contributed by atoms with Crippen LogP contribution in [0.5, 0.6) is 0 Å². The minimum Gasteiger partial charge on any atom is -0.392 e. The Hall–Kier alpha value is -1.60. The summed E-state index contributed by atoms with van der Waals surface area (Å²) in [6.45, 7) is 2.34. The molecule has 0 fully saturated rings. The molecule has 0 bridgehead atoms. The van der Waals surface area contributed by atoms with E-state index in [-0.39, 0.29) is 6.61 Å². The van der Waals surface area contributed by atoms with Crippen LogP contribution in [-0.4, -0.2) is 5.11 Å². The monoisotopic (exact) mass is 254 g/mol. The molecule has 1 atom stereocenters. The standard InChI is InChI=1S/C18H22O/c1-2-3-12-17(15-9-5-4-6-10-15)18-13-8-7-11-16(18)14-19/h4-11,13,17,19H,2-3,12,14H2,1H3. The first-order chi connectivity index (χ1) is 9.36. The fraction of sp³-hybridized carbons (Fsp3) is 0.333. The summed E-state index contributed by atoms with van der Waals surface area (Å²) < 4.78 is 0. The molecule has 1 nitrogen and oxygen atoms in total. The zero-order valence-electron chi connectivity index (χ0n) is 11.5. The van der Waals surface area contributed by atoms with Crippen molar-refractivity contribution in [3.05, 3.63) is 71.3 Å². The number of rotatable bonds is 6. The lowest BCUT2D eigenvalue weighted by Gasteiger charge is -2.20. The summed E-state index contributed by atoms with van der Waals surface area (Å²) >= 11 is 0. The summed E-state index contributed by atoms with van der Waals surface area (Å²) in [6, 6.07) is 18.9. The normalized spacial score (nSPS) is 12.3. The predicted octanol–water partition coefficient (Wildman–Crippen LogP) is 4.50. The molecule has 2 rings (SSSR count). The van der Waals surface area contributed by atoms with Crippen molar-refractivity contribution in [2.45, 2.75) is 38.7 Å². The maximum Gasteiger partial charge on any atom is 0.0684 e. The van der Waals surface area contributed by atoms with Gasteiger partial charge in [-0.25, -0.2) is 0 Å². The summed E-state index contributed by atoms with van der Waals surface area (Å²) in [5.41, 5.74) is 3.66. The van der Waals surface area contributed by atoms with Crippen LogP contribution in [0.15, 0.2) is 54.6 Å². The topological polar surface area (TPSA) is 20.2 Å². The van der Waals surface area contributed by atoms with E-state index < -0.39 is 0 Å². The molecule has 0 aliphatic rings. The molecule has 0 spiro atoms. The number of aliphatic hydroxyl groups excluding tert-OH is 1. The quantitative estimate of drug-likeness (QED) is 0.804. The molecule has 19 heavy (non-hydrogen) atoms. The van der Waals surface area contributed by atoms with E-state index >= 15 is 0 Å². The van der Waals surface area contributed by atoms with Gasteiger partial charge in [0.2, 0.25) is 0 Å². The van der Waals surface area contributed by atoms with E-state index in [0.29, 0.717) is 5.92 Å². The largest absolute Gasteiger partial charge is 0.392 e. The van der Waals surface area contributed by atoms with E-state index in [1.165, 1.54) is 24.0 Å². The lowest BCUT2D eigenvalue weighted by Crippen LogP contribution is -2.05. The van der Waals surface area contributed by atoms with Crippen molar-refractivity contribution < 1.29 is 5.11 Å². The molecule has 1 heteroatoms. The third-order valence-electron chi connectivity index (χ3n) is 3.65. The van der Waals surface area contributed by atoms with Crippen LogP contribution in [0.2, 0.25) is 0 Å². The number of hydrogen-bond acceptors (Lipinski definition) is 1. The lowest BCUT2D eigenvalue weighted by molar-refractivity contribution is 0.280. The molecule has 0 aliphatic carbocycles. The molecule has 1 unspecified atom stereocenters. The highest BCUT2D eigenvalue weighted by Gasteiger charge is 2.16. The van der Waals surface area contributed by atoms with E-state index in [0.717, 1.165) is 12.0 Å². The van der Waals surface area contributed by atoms with Gasteiger partial charge in [-0.15, -0.1) is 0 Å². The summed E-state index contributed by atoms with van der Waals surface area (Å²) in [4.78, 5) is 0. The van der Waals surface area contributed by atoms with Crippen molar-refractivity contribution in [3.8, 4) is 0 Å². The van der Waals surface area contributed by atoms with E-state index in [1.807, 2.05) is 12.1 Å². The van der Waals surface area contributed by atoms with Crippen LogP contribution in [0.25, 0.3) is 0 Å². The van der Waals surface area contributed by atoms with Gasteiger partial charge < -0.3 is 5.11 Å². The Balaban J connectivity index is 2.37. The first-order valence-electron chi connectivity index (χ1n) is 7.10. The predicted molar refractivity (Wildman–Crippen MR) is 80.2 cm³/mol. The van der Waals surface area contributed by atoms with Crippen LogP contribution >= 0.6 is 0 Å². The maximum absolute atomic E-state index is 9.54. The van der Waals surface area contributed by atoms with Crippen LogP contribution < -0.4 is 0 Å². The van der Waals surface area contributed by atoms with Crippen molar-refractivity contribution >= 4 is 0 Å². The second-order valence-corrected chi connectivity index (χ2v) is 4.96. The lowest BCUT2D eigenvalue weighted by atomic mass is 9.85. The molecule has 2 aromatic rings. The fourth-order valence-electron chi connectivity index (χ4n) is 2.61. The van der Waals surface area contributed by atoms with E-state index in [4.69, 9.17) is 0 Å². The third kappa shape index (κ3) is 3.45. The Morgan fingerprint density at radius 1 is 0.947 bits per heavy atom. The van der Waals surface area contributed by atoms with E-state index in [9.17, 15) is 5.11 Å². The number of unbranched alkanes of at least 4 members (excludes halogenated alkanes) is 1. The van der Waals surface area contributed by atoms with Crippen molar-refractivity contribution in [2.24, 2.45) is 0 Å². The SMILES string of the molecule is CCCCC(c1ccccc1)c1ccccc1CO. The first kappa shape index (κ1) is 13.8. The highest BCUT2D eigenvalue weighted by molar-refractivity contribution is 5.37. The second kappa shape index (κ2) is 7.10. The number of hydrogen-bond donors (Lipinski definition) is 1. The molecule has 0 radical (unpaired) electrons. The zero-order chi connectivity index (χ0) is 13.5. The Morgan fingerprint density at radius 2 is 1.63 bits per heavy atom. The highest BCUT2D eigenvalue weighted by atomic mass is 16.3. The smallest absolute Gasteiger partial charge is 0.0684 e. The van der Waals surface area contributed by atoms with Crippen LogP contribution in [0.1, 0.15) is 48.8 Å². The average Bonchev–Trinajstić information content (AvgIpc) is 2.49. The summed E-state index contributed by atoms with van der Waals surface area (Å²) in [6.07, 6.45) is 3.54. The molecule has 0 amide bonds. The van der Waals surface area contributed by atoms with Gasteiger partial charge in [0.25, 0.3) is 0 Å². The highest BCUT2D eigenvalue weighted by Crippen LogP contribution is 2.31. The molecule has 0 saturated carbocycles. The van der Waals surface area contributed by atoms with Crippen LogP contribution in [0.4, 0.5) is 0 Å². The van der Waals surface area contributed by atoms with Gasteiger partial charge in [-0.1, -0.05) is 74.4 Å². The van der Waals surface area contributed by atoms with Gasteiger partial charge in [0.1, 0.15) is 0 Å². The molecule has 0 heterocycles.